The fourth-order valence-corrected chi connectivity index (χ4v) is 5.14. The van der Waals surface area contributed by atoms with Gasteiger partial charge in [-0.2, -0.15) is 0 Å². The molecule has 0 radical (unpaired) electrons. The van der Waals surface area contributed by atoms with E-state index >= 15 is 0 Å². The van der Waals surface area contributed by atoms with Gasteiger partial charge in [0.15, 0.2) is 0 Å². The van der Waals surface area contributed by atoms with Crippen LogP contribution in [0.2, 0.25) is 0 Å². The van der Waals surface area contributed by atoms with E-state index in [2.05, 4.69) is 40.6 Å². The van der Waals surface area contributed by atoms with Crippen molar-refractivity contribution in [3.8, 4) is 0 Å². The topological polar surface area (TPSA) is 41.3 Å². The van der Waals surface area contributed by atoms with E-state index in [1.807, 2.05) is 12.1 Å². The number of nitrogens with zero attached hydrogens (tertiary/aromatic N) is 3. The maximum atomic E-state index is 11.3. The number of hydrogen-bond donors (Lipinski definition) is 1. The number of benzene rings is 1. The average molecular weight is 361 g/mol. The molecule has 2 aromatic heterocycles. The van der Waals surface area contributed by atoms with Crippen molar-refractivity contribution < 1.29 is 5.11 Å². The monoisotopic (exact) mass is 361 g/mol. The van der Waals surface area contributed by atoms with E-state index in [1.165, 1.54) is 33.3 Å². The molecule has 0 amide bonds. The molecule has 5 rings (SSSR count). The first-order chi connectivity index (χ1) is 13.1. The molecule has 2 aliphatic heterocycles. The summed E-state index contributed by atoms with van der Waals surface area (Å²) in [5.41, 5.74) is 8.09. The standard InChI is InChI=1S/C23H27N3O/c1-15-13-17-3-4-21(23(27)16-5-9-24-10-6-16)26-20-8-12-25(2)11-7-18(20)19(14-15)22(17)26/h5-6,9-10,13-14,21,23,27H,3-4,7-8,11-12H2,1-2H3. The molecule has 2 atom stereocenters. The molecule has 27 heavy (non-hydrogen) atoms. The van der Waals surface area contributed by atoms with Gasteiger partial charge in [0.25, 0.3) is 0 Å². The van der Waals surface area contributed by atoms with Crippen molar-refractivity contribution in [1.82, 2.24) is 14.5 Å². The summed E-state index contributed by atoms with van der Waals surface area (Å²) < 4.78 is 2.51. The van der Waals surface area contributed by atoms with Gasteiger partial charge in [0.05, 0.1) is 17.7 Å². The normalized spacial score (nSPS) is 21.1. The molecule has 0 aliphatic carbocycles. The van der Waals surface area contributed by atoms with Gasteiger partial charge >= 0.3 is 0 Å². The average Bonchev–Trinajstić information content (AvgIpc) is 2.85. The van der Waals surface area contributed by atoms with Crippen LogP contribution in [0.4, 0.5) is 0 Å². The SMILES string of the molecule is Cc1cc2c3c(c1)c1c(n3C(C(O)c3ccncc3)CC2)CCN(C)CC1. The molecule has 4 heterocycles. The summed E-state index contributed by atoms with van der Waals surface area (Å²) in [5.74, 6) is 0. The van der Waals surface area contributed by atoms with Crippen LogP contribution < -0.4 is 0 Å². The van der Waals surface area contributed by atoms with Crippen LogP contribution in [0, 0.1) is 6.92 Å². The Labute approximate surface area is 160 Å². The van der Waals surface area contributed by atoms with E-state index in [0.717, 1.165) is 44.3 Å². The lowest BCUT2D eigenvalue weighted by Gasteiger charge is -2.32. The highest BCUT2D eigenvalue weighted by atomic mass is 16.3. The Morgan fingerprint density at radius 1 is 1.11 bits per heavy atom. The second-order valence-corrected chi connectivity index (χ2v) is 8.25. The number of pyridine rings is 1. The van der Waals surface area contributed by atoms with Crippen LogP contribution >= 0.6 is 0 Å². The van der Waals surface area contributed by atoms with Crippen LogP contribution in [0.5, 0.6) is 0 Å². The molecule has 0 fully saturated rings. The second kappa shape index (κ2) is 6.47. The lowest BCUT2D eigenvalue weighted by atomic mass is 9.91. The molecule has 1 aromatic carbocycles. The highest BCUT2D eigenvalue weighted by molar-refractivity contribution is 5.90. The smallest absolute Gasteiger partial charge is 0.0998 e. The number of likely N-dealkylation sites (N-methyl/N-ethyl adjacent to an activating group) is 1. The van der Waals surface area contributed by atoms with Crippen molar-refractivity contribution in [2.24, 2.45) is 0 Å². The molecule has 3 aromatic rings. The maximum absolute atomic E-state index is 11.3. The number of fused-ring (bicyclic) bond motifs is 3. The van der Waals surface area contributed by atoms with Crippen LogP contribution in [0.25, 0.3) is 10.9 Å². The zero-order valence-electron chi connectivity index (χ0n) is 16.2. The molecule has 0 saturated carbocycles. The lowest BCUT2D eigenvalue weighted by Crippen LogP contribution is -2.25. The summed E-state index contributed by atoms with van der Waals surface area (Å²) in [5, 5.41) is 12.7. The first kappa shape index (κ1) is 17.0. The highest BCUT2D eigenvalue weighted by Crippen LogP contribution is 2.43. The number of aliphatic hydroxyl groups is 1. The number of hydrogen-bond acceptors (Lipinski definition) is 3. The Bertz CT molecular complexity index is 992. The molecule has 2 aliphatic rings. The van der Waals surface area contributed by atoms with E-state index in [9.17, 15) is 5.11 Å². The van der Waals surface area contributed by atoms with Gasteiger partial charge in [-0.15, -0.1) is 0 Å². The molecule has 4 heteroatoms. The first-order valence-electron chi connectivity index (χ1n) is 10.0. The van der Waals surface area contributed by atoms with Crippen LogP contribution in [-0.2, 0) is 19.3 Å². The van der Waals surface area contributed by atoms with Gasteiger partial charge in [0.1, 0.15) is 0 Å². The Balaban J connectivity index is 1.72. The zero-order valence-corrected chi connectivity index (χ0v) is 16.2. The van der Waals surface area contributed by atoms with E-state index in [0.29, 0.717) is 0 Å². The van der Waals surface area contributed by atoms with E-state index in [4.69, 9.17) is 0 Å². The van der Waals surface area contributed by atoms with Crippen LogP contribution in [0.1, 0.15) is 46.5 Å². The molecule has 0 bridgehead atoms. The van der Waals surface area contributed by atoms with Crippen LogP contribution in [0.15, 0.2) is 36.7 Å². The fourth-order valence-electron chi connectivity index (χ4n) is 5.14. The van der Waals surface area contributed by atoms with Crippen LogP contribution in [-0.4, -0.2) is 39.7 Å². The van der Waals surface area contributed by atoms with Gasteiger partial charge in [-0.1, -0.05) is 11.6 Å². The predicted molar refractivity (Wildman–Crippen MR) is 108 cm³/mol. The highest BCUT2D eigenvalue weighted by Gasteiger charge is 2.33. The van der Waals surface area contributed by atoms with Gasteiger partial charge in [-0.05, 0) is 68.1 Å². The summed E-state index contributed by atoms with van der Waals surface area (Å²) in [6.45, 7) is 4.39. The summed E-state index contributed by atoms with van der Waals surface area (Å²) in [4.78, 5) is 6.54. The maximum Gasteiger partial charge on any atom is 0.0998 e. The molecule has 2 unspecified atom stereocenters. The number of aryl methyl sites for hydroxylation is 2. The molecule has 0 spiro atoms. The largest absolute Gasteiger partial charge is 0.386 e. The minimum absolute atomic E-state index is 0.0947. The van der Waals surface area contributed by atoms with Crippen molar-refractivity contribution in [2.45, 2.75) is 44.8 Å². The Morgan fingerprint density at radius 2 is 1.89 bits per heavy atom. The van der Waals surface area contributed by atoms with E-state index in [1.54, 1.807) is 12.4 Å². The molecule has 4 nitrogen and oxygen atoms in total. The third-order valence-electron chi connectivity index (χ3n) is 6.47. The van der Waals surface area contributed by atoms with Crippen molar-refractivity contribution in [1.29, 1.82) is 0 Å². The minimum Gasteiger partial charge on any atom is -0.386 e. The Morgan fingerprint density at radius 3 is 2.70 bits per heavy atom. The zero-order chi connectivity index (χ0) is 18.5. The molecular weight excluding hydrogens is 334 g/mol. The van der Waals surface area contributed by atoms with Crippen molar-refractivity contribution in [3.05, 3.63) is 64.6 Å². The summed E-state index contributed by atoms with van der Waals surface area (Å²) in [6, 6.07) is 8.70. The minimum atomic E-state index is -0.497. The molecule has 1 N–H and O–H groups in total. The van der Waals surface area contributed by atoms with Crippen molar-refractivity contribution in [3.63, 3.8) is 0 Å². The third-order valence-corrected chi connectivity index (χ3v) is 6.47. The third kappa shape index (κ3) is 2.70. The summed E-state index contributed by atoms with van der Waals surface area (Å²) in [7, 11) is 2.21. The summed E-state index contributed by atoms with van der Waals surface area (Å²) in [6.07, 6.45) is 7.22. The van der Waals surface area contributed by atoms with Crippen molar-refractivity contribution in [2.75, 3.05) is 20.1 Å². The van der Waals surface area contributed by atoms with E-state index in [-0.39, 0.29) is 6.04 Å². The van der Waals surface area contributed by atoms with Crippen molar-refractivity contribution >= 4 is 10.9 Å². The van der Waals surface area contributed by atoms with E-state index < -0.39 is 6.10 Å². The molecule has 140 valence electrons. The van der Waals surface area contributed by atoms with Gasteiger partial charge < -0.3 is 14.6 Å². The van der Waals surface area contributed by atoms with Gasteiger partial charge in [-0.25, -0.2) is 0 Å². The summed E-state index contributed by atoms with van der Waals surface area (Å²) >= 11 is 0. The van der Waals surface area contributed by atoms with Gasteiger partial charge in [-0.3, -0.25) is 4.98 Å². The quantitative estimate of drug-likeness (QED) is 0.758. The second-order valence-electron chi connectivity index (χ2n) is 8.25. The number of aliphatic hydroxyl groups excluding tert-OH is 1. The number of rotatable bonds is 2. The Hall–Kier alpha value is -2.17. The predicted octanol–water partition coefficient (Wildman–Crippen LogP) is 3.60. The lowest BCUT2D eigenvalue weighted by molar-refractivity contribution is 0.106. The molecular formula is C23H27N3O. The van der Waals surface area contributed by atoms with Gasteiger partial charge in [0, 0.05) is 43.0 Å². The molecule has 0 saturated heterocycles. The Kier molecular flexibility index (Phi) is 4.06. The number of aromatic nitrogens is 2. The fraction of sp³-hybridized carbons (Fsp3) is 0.435. The van der Waals surface area contributed by atoms with Gasteiger partial charge in [0.2, 0.25) is 0 Å². The first-order valence-corrected chi connectivity index (χ1v) is 10.0. The van der Waals surface area contributed by atoms with Crippen LogP contribution in [0.3, 0.4) is 0 Å².